The van der Waals surface area contributed by atoms with Crippen LogP contribution in [0.3, 0.4) is 0 Å². The zero-order valence-corrected chi connectivity index (χ0v) is 21.6. The summed E-state index contributed by atoms with van der Waals surface area (Å²) in [6, 6.07) is 22.3. The summed E-state index contributed by atoms with van der Waals surface area (Å²) in [5, 5.41) is 4.20. The number of nitrogens with zero attached hydrogens (tertiary/aromatic N) is 3. The molecule has 0 aliphatic carbocycles. The minimum absolute atomic E-state index is 0.107. The summed E-state index contributed by atoms with van der Waals surface area (Å²) < 4.78 is 14.5. The lowest BCUT2D eigenvalue weighted by molar-refractivity contribution is 0.174. The van der Waals surface area contributed by atoms with Crippen molar-refractivity contribution in [2.45, 2.75) is 25.9 Å². The molecule has 0 spiro atoms. The Hall–Kier alpha value is -3.36. The van der Waals surface area contributed by atoms with Gasteiger partial charge in [-0.2, -0.15) is 0 Å². The van der Waals surface area contributed by atoms with Crippen LogP contribution in [0, 0.1) is 13.8 Å². The molecule has 8 heteroatoms. The maximum Gasteiger partial charge on any atom is 0.231 e. The van der Waals surface area contributed by atoms with Crippen molar-refractivity contribution < 1.29 is 9.47 Å². The molecule has 0 radical (unpaired) electrons. The van der Waals surface area contributed by atoms with Gasteiger partial charge < -0.3 is 24.3 Å². The van der Waals surface area contributed by atoms with Crippen molar-refractivity contribution in [2.24, 2.45) is 0 Å². The first-order valence-corrected chi connectivity index (χ1v) is 12.6. The van der Waals surface area contributed by atoms with E-state index in [2.05, 4.69) is 73.8 Å². The van der Waals surface area contributed by atoms with Gasteiger partial charge in [-0.15, -0.1) is 0 Å². The lowest BCUT2D eigenvalue weighted by atomic mass is 9.96. The number of hydrogen-bond acceptors (Lipinski definition) is 4. The van der Waals surface area contributed by atoms with Crippen LogP contribution in [-0.2, 0) is 0 Å². The molecule has 6 nitrogen and oxygen atoms in total. The fraction of sp³-hybridized carbons (Fsp3) is 0.185. The molecule has 2 aromatic carbocycles. The van der Waals surface area contributed by atoms with E-state index in [9.17, 15) is 0 Å². The van der Waals surface area contributed by atoms with Crippen LogP contribution in [0.2, 0.25) is 0 Å². The molecule has 0 unspecified atom stereocenters. The van der Waals surface area contributed by atoms with Crippen molar-refractivity contribution in [1.29, 1.82) is 0 Å². The van der Waals surface area contributed by atoms with Crippen molar-refractivity contribution in [2.75, 3.05) is 11.7 Å². The summed E-state index contributed by atoms with van der Waals surface area (Å²) in [5.74, 6) is 1.47. The molecule has 2 aromatic heterocycles. The van der Waals surface area contributed by atoms with Gasteiger partial charge in [0.1, 0.15) is 0 Å². The third kappa shape index (κ3) is 3.77. The van der Waals surface area contributed by atoms with E-state index in [0.717, 1.165) is 44.4 Å². The monoisotopic (exact) mass is 546 g/mol. The second-order valence-electron chi connectivity index (χ2n) is 8.68. The molecule has 4 heterocycles. The van der Waals surface area contributed by atoms with Gasteiger partial charge in [-0.1, -0.05) is 28.1 Å². The van der Waals surface area contributed by atoms with Crippen molar-refractivity contribution in [1.82, 2.24) is 14.9 Å². The van der Waals surface area contributed by atoms with Crippen molar-refractivity contribution in [3.05, 3.63) is 100 Å². The number of aromatic nitrogens is 2. The van der Waals surface area contributed by atoms with Gasteiger partial charge in [0.05, 0.1) is 17.8 Å². The second kappa shape index (κ2) is 8.70. The van der Waals surface area contributed by atoms with Gasteiger partial charge in [-0.05, 0) is 80.2 Å². The smallest absolute Gasteiger partial charge is 0.231 e. The van der Waals surface area contributed by atoms with E-state index in [4.69, 9.17) is 21.7 Å². The number of hydrogen-bond donors (Lipinski definition) is 1. The number of fused-ring (bicyclic) bond motifs is 1. The van der Waals surface area contributed by atoms with Crippen LogP contribution in [0.15, 0.2) is 77.4 Å². The third-order valence-corrected chi connectivity index (χ3v) is 7.40. The average molecular weight is 547 g/mol. The second-order valence-corrected chi connectivity index (χ2v) is 9.98. The van der Waals surface area contributed by atoms with Gasteiger partial charge in [0.15, 0.2) is 16.6 Å². The predicted octanol–water partition coefficient (Wildman–Crippen LogP) is 6.16. The molecule has 1 fully saturated rings. The zero-order chi connectivity index (χ0) is 24.1. The predicted molar refractivity (Wildman–Crippen MR) is 143 cm³/mol. The lowest BCUT2D eigenvalue weighted by Gasteiger charge is -2.28. The van der Waals surface area contributed by atoms with Crippen LogP contribution < -0.4 is 19.7 Å². The number of halogens is 1. The Kier molecular flexibility index (Phi) is 5.50. The summed E-state index contributed by atoms with van der Waals surface area (Å²) >= 11 is 9.52. The molecule has 6 rings (SSSR count). The zero-order valence-electron chi connectivity index (χ0n) is 19.2. The molecule has 0 amide bonds. The maximum absolute atomic E-state index is 5.90. The van der Waals surface area contributed by atoms with Gasteiger partial charge in [-0.3, -0.25) is 4.98 Å². The average Bonchev–Trinajstić information content (AvgIpc) is 3.54. The largest absolute Gasteiger partial charge is 0.454 e. The highest BCUT2D eigenvalue weighted by molar-refractivity contribution is 9.10. The molecule has 1 saturated heterocycles. The molecule has 35 heavy (non-hydrogen) atoms. The molecule has 0 saturated carbocycles. The Bertz CT molecular complexity index is 1440. The highest BCUT2D eigenvalue weighted by atomic mass is 79.9. The van der Waals surface area contributed by atoms with E-state index < -0.39 is 0 Å². The van der Waals surface area contributed by atoms with Gasteiger partial charge in [0, 0.05) is 39.5 Å². The summed E-state index contributed by atoms with van der Waals surface area (Å²) in [6.45, 7) is 4.53. The highest BCUT2D eigenvalue weighted by Crippen LogP contribution is 2.46. The van der Waals surface area contributed by atoms with Crippen molar-refractivity contribution >= 4 is 38.9 Å². The minimum Gasteiger partial charge on any atom is -0.454 e. The van der Waals surface area contributed by atoms with E-state index in [-0.39, 0.29) is 18.9 Å². The molecule has 0 bridgehead atoms. The number of rotatable bonds is 4. The van der Waals surface area contributed by atoms with Gasteiger partial charge >= 0.3 is 0 Å². The molecule has 4 aromatic rings. The highest BCUT2D eigenvalue weighted by Gasteiger charge is 2.42. The first kappa shape index (κ1) is 22.1. The van der Waals surface area contributed by atoms with Crippen molar-refractivity contribution in [3.8, 4) is 17.2 Å². The number of ether oxygens (including phenoxy) is 2. The van der Waals surface area contributed by atoms with E-state index in [0.29, 0.717) is 5.11 Å². The fourth-order valence-electron chi connectivity index (χ4n) is 5.08. The molecular weight excluding hydrogens is 524 g/mol. The van der Waals surface area contributed by atoms with E-state index in [1.165, 1.54) is 5.56 Å². The molecule has 2 atom stereocenters. The number of thiocarbonyl (C=S) groups is 1. The number of pyridine rings is 1. The Balaban J connectivity index is 1.51. The topological polar surface area (TPSA) is 51.6 Å². The van der Waals surface area contributed by atoms with Crippen LogP contribution in [0.1, 0.15) is 34.7 Å². The summed E-state index contributed by atoms with van der Waals surface area (Å²) in [6.07, 6.45) is 1.82. The Morgan fingerprint density at radius 2 is 1.83 bits per heavy atom. The molecule has 1 N–H and O–H groups in total. The summed E-state index contributed by atoms with van der Waals surface area (Å²) in [5.41, 5.74) is 6.49. The van der Waals surface area contributed by atoms with Crippen LogP contribution >= 0.6 is 28.1 Å². The van der Waals surface area contributed by atoms with Crippen LogP contribution in [0.25, 0.3) is 5.69 Å². The van der Waals surface area contributed by atoms with Gasteiger partial charge in [0.2, 0.25) is 6.79 Å². The first-order chi connectivity index (χ1) is 17.0. The van der Waals surface area contributed by atoms with Gasteiger partial charge in [-0.25, -0.2) is 0 Å². The molecule has 176 valence electrons. The summed E-state index contributed by atoms with van der Waals surface area (Å²) in [4.78, 5) is 6.85. The van der Waals surface area contributed by atoms with Crippen LogP contribution in [0.4, 0.5) is 5.69 Å². The van der Waals surface area contributed by atoms with Crippen LogP contribution in [-0.4, -0.2) is 21.5 Å². The van der Waals surface area contributed by atoms with E-state index in [1.807, 2.05) is 48.7 Å². The molecule has 2 aliphatic rings. The number of anilines is 1. The lowest BCUT2D eigenvalue weighted by Crippen LogP contribution is -2.29. The Morgan fingerprint density at radius 1 is 0.971 bits per heavy atom. The number of aryl methyl sites for hydroxylation is 1. The van der Waals surface area contributed by atoms with E-state index in [1.54, 1.807) is 0 Å². The molecular formula is C27H23BrN4O2S. The Morgan fingerprint density at radius 3 is 2.63 bits per heavy atom. The molecule has 2 aliphatic heterocycles. The van der Waals surface area contributed by atoms with Crippen molar-refractivity contribution in [3.63, 3.8) is 0 Å². The Labute approximate surface area is 217 Å². The number of benzene rings is 2. The minimum atomic E-state index is -0.120. The first-order valence-electron chi connectivity index (χ1n) is 11.4. The normalized spacial score (nSPS) is 18.7. The maximum atomic E-state index is 5.90. The fourth-order valence-corrected chi connectivity index (χ4v) is 5.82. The number of nitrogens with one attached hydrogen (secondary N) is 1. The quantitative estimate of drug-likeness (QED) is 0.309. The summed E-state index contributed by atoms with van der Waals surface area (Å²) in [7, 11) is 0. The third-order valence-electron chi connectivity index (χ3n) is 6.59. The van der Waals surface area contributed by atoms with Gasteiger partial charge in [0.25, 0.3) is 0 Å². The van der Waals surface area contributed by atoms with Crippen LogP contribution in [0.5, 0.6) is 11.5 Å². The standard InChI is InChI=1S/C27H23BrN4O2S/c1-16-12-21(17(2)31(16)19-7-5-6-18(28)13-19)26-25(22-8-3-4-11-29-22)30-27(35)32(26)20-9-10-23-24(14-20)34-15-33-23/h3-14,25-26H,15H2,1-2H3,(H,30,35)/t25-,26+/m0/s1. The van der Waals surface area contributed by atoms with E-state index >= 15 is 0 Å². The SMILES string of the molecule is Cc1cc([C@@H]2[C@H](c3ccccn3)NC(=S)N2c2ccc3c(c2)OCO3)c(C)n1-c1cccc(Br)c1.